The molecule has 2 aliphatic rings. The molecule has 2 aliphatic heterocycles. The second-order valence-electron chi connectivity index (χ2n) is 11.9. The highest BCUT2D eigenvalue weighted by molar-refractivity contribution is 6.13. The third-order valence-corrected chi connectivity index (χ3v) is 9.35. The van der Waals surface area contributed by atoms with E-state index in [1.165, 1.54) is 33.0 Å². The Hall–Kier alpha value is -5.68. The molecule has 5 heteroatoms. The van der Waals surface area contributed by atoms with Gasteiger partial charge >= 0.3 is 0 Å². The summed E-state index contributed by atoms with van der Waals surface area (Å²) in [6, 6.07) is 34.9. The highest BCUT2D eigenvalue weighted by Gasteiger charge is 2.28. The van der Waals surface area contributed by atoms with Crippen molar-refractivity contribution in [3.05, 3.63) is 132 Å². The van der Waals surface area contributed by atoms with Crippen molar-refractivity contribution < 1.29 is 0 Å². The van der Waals surface area contributed by atoms with Crippen LogP contribution < -0.4 is 0 Å². The summed E-state index contributed by atoms with van der Waals surface area (Å²) in [5, 5.41) is 12.8. The van der Waals surface area contributed by atoms with Gasteiger partial charge in [0.25, 0.3) is 0 Å². The summed E-state index contributed by atoms with van der Waals surface area (Å²) >= 11 is 0. The third-order valence-electron chi connectivity index (χ3n) is 9.35. The van der Waals surface area contributed by atoms with E-state index in [-0.39, 0.29) is 0 Å². The van der Waals surface area contributed by atoms with Crippen LogP contribution in [0.3, 0.4) is 0 Å². The number of fused-ring (bicyclic) bond motifs is 4. The molecule has 4 heterocycles. The Bertz CT molecular complexity index is 2610. The Labute approximate surface area is 274 Å². The van der Waals surface area contributed by atoms with Crippen LogP contribution in [0, 0.1) is 13.8 Å². The van der Waals surface area contributed by atoms with Crippen molar-refractivity contribution in [1.82, 2.24) is 23.8 Å². The van der Waals surface area contributed by atoms with Gasteiger partial charge in [0.15, 0.2) is 0 Å². The minimum Gasteiger partial charge on any atom is -0.302 e. The van der Waals surface area contributed by atoms with E-state index in [1.807, 2.05) is 13.8 Å². The first-order chi connectivity index (χ1) is 23.1. The molecule has 0 spiro atoms. The van der Waals surface area contributed by atoms with E-state index in [0.29, 0.717) is 0 Å². The number of allylic oxidation sites excluding steroid dienone is 4. The van der Waals surface area contributed by atoms with Gasteiger partial charge < -0.3 is 4.57 Å². The first-order valence-corrected chi connectivity index (χ1v) is 16.5. The second kappa shape index (κ2) is 11.0. The number of rotatable bonds is 4. The highest BCUT2D eigenvalue weighted by atomic mass is 15.3. The normalized spacial score (nSPS) is 12.5. The van der Waals surface area contributed by atoms with Gasteiger partial charge in [0.2, 0.25) is 0 Å². The average Bonchev–Trinajstić information content (AvgIpc) is 3.66. The molecule has 47 heavy (non-hydrogen) atoms. The average molecular weight is 612 g/mol. The van der Waals surface area contributed by atoms with Crippen LogP contribution in [-0.4, -0.2) is 23.8 Å². The fraction of sp³-hybridized carbons (Fsp3) is 0.143. The van der Waals surface area contributed by atoms with E-state index < -0.39 is 0 Å². The van der Waals surface area contributed by atoms with Crippen molar-refractivity contribution in [2.45, 2.75) is 41.5 Å². The zero-order valence-corrected chi connectivity index (χ0v) is 27.7. The van der Waals surface area contributed by atoms with Gasteiger partial charge in [-0.05, 0) is 85.4 Å². The lowest BCUT2D eigenvalue weighted by Crippen LogP contribution is -2.12. The molecule has 0 amide bonds. The molecular formula is C42H37N5. The monoisotopic (exact) mass is 611 g/mol. The predicted octanol–water partition coefficient (Wildman–Crippen LogP) is 11.1. The Kier molecular flexibility index (Phi) is 6.73. The van der Waals surface area contributed by atoms with Crippen molar-refractivity contribution in [2.75, 3.05) is 0 Å². The molecule has 0 fully saturated rings. The Morgan fingerprint density at radius 1 is 0.596 bits per heavy atom. The van der Waals surface area contributed by atoms with E-state index in [9.17, 15) is 0 Å². The van der Waals surface area contributed by atoms with Crippen LogP contribution in [-0.2, 0) is 0 Å². The first-order valence-electron chi connectivity index (χ1n) is 16.5. The van der Waals surface area contributed by atoms with Crippen LogP contribution in [0.2, 0.25) is 0 Å². The zero-order chi connectivity index (χ0) is 32.4. The maximum absolute atomic E-state index is 5.24. The SMILES string of the molecule is C/C=C\C(=C/C)c1ccc2c3c1c(C)nn3c1cc(-c3ccccc3)cc3c1-n2c1ccc(-c2ccccc2)c2c(C)nn3c21.CC. The van der Waals surface area contributed by atoms with Crippen LogP contribution in [0.4, 0.5) is 0 Å². The van der Waals surface area contributed by atoms with Crippen molar-refractivity contribution >= 4 is 49.4 Å². The summed E-state index contributed by atoms with van der Waals surface area (Å²) in [7, 11) is 0. The molecule has 0 unspecified atom stereocenters. The minimum atomic E-state index is 1.02. The van der Waals surface area contributed by atoms with E-state index in [4.69, 9.17) is 10.2 Å². The number of aryl methyl sites for hydroxylation is 2. The molecule has 0 radical (unpaired) electrons. The lowest BCUT2D eigenvalue weighted by molar-refractivity contribution is 0.929. The number of hydrogen-bond acceptors (Lipinski definition) is 2. The fourth-order valence-electron chi connectivity index (χ4n) is 7.48. The molecule has 5 nitrogen and oxygen atoms in total. The predicted molar refractivity (Wildman–Crippen MR) is 198 cm³/mol. The molecule has 0 atom stereocenters. The smallest absolute Gasteiger partial charge is 0.0991 e. The van der Waals surface area contributed by atoms with Crippen LogP contribution in [0.25, 0.3) is 77.4 Å². The second-order valence-corrected chi connectivity index (χ2v) is 11.9. The highest BCUT2D eigenvalue weighted by Crippen LogP contribution is 2.44. The Morgan fingerprint density at radius 2 is 1.15 bits per heavy atom. The van der Waals surface area contributed by atoms with E-state index >= 15 is 0 Å². The van der Waals surface area contributed by atoms with Gasteiger partial charge in [-0.2, -0.15) is 10.2 Å². The number of aromatic nitrogens is 5. The molecule has 0 N–H and O–H groups in total. The van der Waals surface area contributed by atoms with E-state index in [1.54, 1.807) is 0 Å². The van der Waals surface area contributed by atoms with Gasteiger partial charge in [-0.3, -0.25) is 0 Å². The van der Waals surface area contributed by atoms with Crippen molar-refractivity contribution in [1.29, 1.82) is 0 Å². The summed E-state index contributed by atoms with van der Waals surface area (Å²) in [6.07, 6.45) is 6.48. The summed E-state index contributed by atoms with van der Waals surface area (Å²) in [6.45, 7) is 12.4. The maximum Gasteiger partial charge on any atom is 0.0991 e. The quantitative estimate of drug-likeness (QED) is 0.113. The van der Waals surface area contributed by atoms with Crippen molar-refractivity contribution in [3.63, 3.8) is 0 Å². The largest absolute Gasteiger partial charge is 0.302 e. The molecule has 230 valence electrons. The zero-order valence-electron chi connectivity index (χ0n) is 27.7. The van der Waals surface area contributed by atoms with Crippen molar-refractivity contribution in [3.8, 4) is 27.9 Å². The number of nitrogens with zero attached hydrogens (tertiary/aromatic N) is 5. The summed E-state index contributed by atoms with van der Waals surface area (Å²) in [5.74, 6) is 0. The first kappa shape index (κ1) is 28.8. The molecule has 0 saturated heterocycles. The minimum absolute atomic E-state index is 1.02. The van der Waals surface area contributed by atoms with Gasteiger partial charge in [0.05, 0.1) is 50.2 Å². The van der Waals surface area contributed by atoms with Crippen LogP contribution >= 0.6 is 0 Å². The van der Waals surface area contributed by atoms with Gasteiger partial charge in [0, 0.05) is 10.8 Å². The molecule has 0 bridgehead atoms. The van der Waals surface area contributed by atoms with Gasteiger partial charge in [-0.25, -0.2) is 9.03 Å². The standard InChI is InChI=1S/C40H31N5.C2H6/c1-5-13-26(6-2)30-18-20-32-39-36(30)24(3)41-44(39)34-22-29(27-14-9-7-10-15-27)23-35-38(34)43(32)33-21-19-31(28-16-11-8-12-17-28)37-25(4)42-45(35)40(33)37;1-2/h5-23H,1-4H3;1-2H3/b13-5-,26-6+;. The third kappa shape index (κ3) is 4.02. The lowest BCUT2D eigenvalue weighted by Gasteiger charge is -2.24. The topological polar surface area (TPSA) is 39.5 Å². The van der Waals surface area contributed by atoms with Gasteiger partial charge in [0.1, 0.15) is 0 Å². The molecule has 0 saturated carbocycles. The van der Waals surface area contributed by atoms with Crippen LogP contribution in [0.5, 0.6) is 0 Å². The molecule has 0 aliphatic carbocycles. The fourth-order valence-corrected chi connectivity index (χ4v) is 7.48. The van der Waals surface area contributed by atoms with Gasteiger partial charge in [-0.15, -0.1) is 0 Å². The number of benzene rings is 5. The Morgan fingerprint density at radius 3 is 1.74 bits per heavy atom. The molecular weight excluding hydrogens is 574 g/mol. The Balaban J connectivity index is 0.00000159. The maximum atomic E-state index is 5.24. The van der Waals surface area contributed by atoms with Gasteiger partial charge in [-0.1, -0.05) is 105 Å². The lowest BCUT2D eigenvalue weighted by atomic mass is 9.97. The summed E-state index contributed by atoms with van der Waals surface area (Å²) in [4.78, 5) is 0. The molecule has 9 rings (SSSR count). The molecule has 2 aromatic heterocycles. The summed E-state index contributed by atoms with van der Waals surface area (Å²) in [5.41, 5.74) is 16.8. The van der Waals surface area contributed by atoms with Crippen LogP contribution in [0.1, 0.15) is 44.6 Å². The van der Waals surface area contributed by atoms with E-state index in [2.05, 4.69) is 157 Å². The molecule has 7 aromatic rings. The van der Waals surface area contributed by atoms with Crippen molar-refractivity contribution in [2.24, 2.45) is 0 Å². The summed E-state index contributed by atoms with van der Waals surface area (Å²) < 4.78 is 6.80. The van der Waals surface area contributed by atoms with E-state index in [0.717, 1.165) is 61.3 Å². The van der Waals surface area contributed by atoms with Crippen LogP contribution in [0.15, 0.2) is 115 Å². The number of hydrogen-bond donors (Lipinski definition) is 0. The molecule has 5 aromatic carbocycles.